The van der Waals surface area contributed by atoms with Crippen LogP contribution in [0.25, 0.3) is 0 Å². The standard InChI is InChI=1S/C19H17NO6/c21-15(22)11-14(18(23)24)17(19(25)26)20-16(12-7-3-1-4-8-12)13-9-5-2-6-10-13/h1-10,14,17H,11H2,(H,21,22)(H,23,24)(H,25,26). The van der Waals surface area contributed by atoms with Crippen molar-refractivity contribution >= 4 is 23.6 Å². The second kappa shape index (κ2) is 8.57. The highest BCUT2D eigenvalue weighted by Gasteiger charge is 2.36. The molecule has 0 aliphatic carbocycles. The first-order valence-corrected chi connectivity index (χ1v) is 7.76. The quantitative estimate of drug-likeness (QED) is 0.623. The Bertz CT molecular complexity index is 775. The van der Waals surface area contributed by atoms with E-state index in [2.05, 4.69) is 4.99 Å². The van der Waals surface area contributed by atoms with Crippen LogP contribution in [0.15, 0.2) is 65.7 Å². The van der Waals surface area contributed by atoms with Crippen LogP contribution in [-0.4, -0.2) is 45.0 Å². The lowest BCUT2D eigenvalue weighted by molar-refractivity contribution is -0.153. The Hall–Kier alpha value is -3.48. The molecule has 26 heavy (non-hydrogen) atoms. The van der Waals surface area contributed by atoms with Crippen LogP contribution in [0.2, 0.25) is 0 Å². The number of rotatable bonds is 8. The van der Waals surface area contributed by atoms with E-state index in [1.54, 1.807) is 60.7 Å². The number of carboxylic acid groups (broad SMARTS) is 3. The van der Waals surface area contributed by atoms with Crippen LogP contribution in [0.3, 0.4) is 0 Å². The highest BCUT2D eigenvalue weighted by atomic mass is 16.4. The Kier molecular flexibility index (Phi) is 6.21. The molecule has 3 N–H and O–H groups in total. The van der Waals surface area contributed by atoms with Gasteiger partial charge in [0.2, 0.25) is 0 Å². The summed E-state index contributed by atoms with van der Waals surface area (Å²) in [5, 5.41) is 27.7. The average Bonchev–Trinajstić information content (AvgIpc) is 2.62. The van der Waals surface area contributed by atoms with Gasteiger partial charge in [0.25, 0.3) is 0 Å². The van der Waals surface area contributed by atoms with E-state index in [0.29, 0.717) is 11.1 Å². The number of carboxylic acids is 3. The molecule has 2 aromatic carbocycles. The number of nitrogens with zero attached hydrogens (tertiary/aromatic N) is 1. The molecule has 0 saturated heterocycles. The van der Waals surface area contributed by atoms with E-state index < -0.39 is 36.3 Å². The van der Waals surface area contributed by atoms with Crippen LogP contribution in [0, 0.1) is 5.92 Å². The molecule has 0 saturated carbocycles. The fraction of sp³-hybridized carbons (Fsp3) is 0.158. The van der Waals surface area contributed by atoms with Crippen LogP contribution in [0.4, 0.5) is 0 Å². The largest absolute Gasteiger partial charge is 0.481 e. The topological polar surface area (TPSA) is 124 Å². The second-order valence-corrected chi connectivity index (χ2v) is 5.54. The molecule has 7 heteroatoms. The molecule has 2 rings (SSSR count). The van der Waals surface area contributed by atoms with Crippen molar-refractivity contribution in [3.8, 4) is 0 Å². The molecule has 7 nitrogen and oxygen atoms in total. The molecule has 2 unspecified atom stereocenters. The van der Waals surface area contributed by atoms with Gasteiger partial charge in [-0.25, -0.2) is 4.79 Å². The second-order valence-electron chi connectivity index (χ2n) is 5.54. The zero-order valence-electron chi connectivity index (χ0n) is 13.6. The normalized spacial score (nSPS) is 12.6. The lowest BCUT2D eigenvalue weighted by atomic mass is 9.95. The van der Waals surface area contributed by atoms with Gasteiger partial charge in [-0.2, -0.15) is 0 Å². The van der Waals surface area contributed by atoms with E-state index in [1.165, 1.54) is 0 Å². The van der Waals surface area contributed by atoms with Gasteiger partial charge >= 0.3 is 17.9 Å². The van der Waals surface area contributed by atoms with Crippen molar-refractivity contribution in [3.63, 3.8) is 0 Å². The van der Waals surface area contributed by atoms with Gasteiger partial charge in [-0.3, -0.25) is 14.6 Å². The summed E-state index contributed by atoms with van der Waals surface area (Å²) in [6.07, 6.45) is -0.841. The lowest BCUT2D eigenvalue weighted by Crippen LogP contribution is -2.36. The molecular formula is C19H17NO6. The zero-order valence-corrected chi connectivity index (χ0v) is 13.6. The van der Waals surface area contributed by atoms with Crippen molar-refractivity contribution in [2.75, 3.05) is 0 Å². The van der Waals surface area contributed by atoms with Gasteiger partial charge in [-0.1, -0.05) is 60.7 Å². The monoisotopic (exact) mass is 355 g/mol. The first-order valence-electron chi connectivity index (χ1n) is 7.76. The van der Waals surface area contributed by atoms with E-state index in [-0.39, 0.29) is 5.71 Å². The zero-order chi connectivity index (χ0) is 19.1. The molecule has 0 aromatic heterocycles. The Labute approximate surface area is 149 Å². The third-order valence-electron chi connectivity index (χ3n) is 3.71. The third-order valence-corrected chi connectivity index (χ3v) is 3.71. The van der Waals surface area contributed by atoms with E-state index in [4.69, 9.17) is 5.11 Å². The highest BCUT2D eigenvalue weighted by molar-refractivity contribution is 6.13. The molecule has 134 valence electrons. The van der Waals surface area contributed by atoms with Crippen molar-refractivity contribution in [3.05, 3.63) is 71.8 Å². The number of hydrogen-bond acceptors (Lipinski definition) is 4. The highest BCUT2D eigenvalue weighted by Crippen LogP contribution is 2.19. The lowest BCUT2D eigenvalue weighted by Gasteiger charge is -2.17. The molecule has 0 aliphatic heterocycles. The Morgan fingerprint density at radius 3 is 1.58 bits per heavy atom. The van der Waals surface area contributed by atoms with Crippen molar-refractivity contribution in [1.29, 1.82) is 0 Å². The van der Waals surface area contributed by atoms with Crippen LogP contribution in [-0.2, 0) is 14.4 Å². The minimum atomic E-state index is -1.74. The molecule has 0 aliphatic rings. The van der Waals surface area contributed by atoms with Crippen LogP contribution in [0.1, 0.15) is 17.5 Å². The van der Waals surface area contributed by atoms with Crippen molar-refractivity contribution in [1.82, 2.24) is 0 Å². The Morgan fingerprint density at radius 2 is 1.23 bits per heavy atom. The van der Waals surface area contributed by atoms with Gasteiger partial charge in [0.15, 0.2) is 6.04 Å². The van der Waals surface area contributed by atoms with Gasteiger partial charge in [-0.05, 0) is 0 Å². The van der Waals surface area contributed by atoms with Crippen molar-refractivity contribution in [2.45, 2.75) is 12.5 Å². The number of benzene rings is 2. The third kappa shape index (κ3) is 4.76. The first-order chi connectivity index (χ1) is 12.4. The van der Waals surface area contributed by atoms with Crippen molar-refractivity contribution < 1.29 is 29.7 Å². The smallest absolute Gasteiger partial charge is 0.329 e. The van der Waals surface area contributed by atoms with Gasteiger partial charge in [0.05, 0.1) is 12.1 Å². The molecular weight excluding hydrogens is 338 g/mol. The summed E-state index contributed by atoms with van der Waals surface area (Å²) >= 11 is 0. The van der Waals surface area contributed by atoms with Gasteiger partial charge in [-0.15, -0.1) is 0 Å². The maximum atomic E-state index is 11.7. The van der Waals surface area contributed by atoms with E-state index in [0.717, 1.165) is 0 Å². The summed E-state index contributed by atoms with van der Waals surface area (Å²) in [5.74, 6) is -6.11. The number of hydrogen-bond donors (Lipinski definition) is 3. The summed E-state index contributed by atoms with van der Waals surface area (Å²) in [6.45, 7) is 0. The van der Waals surface area contributed by atoms with Crippen LogP contribution in [0.5, 0.6) is 0 Å². The molecule has 2 aromatic rings. The van der Waals surface area contributed by atoms with E-state index in [9.17, 15) is 24.6 Å². The predicted octanol–water partition coefficient (Wildman–Crippen LogP) is 2.15. The molecule has 0 bridgehead atoms. The van der Waals surface area contributed by atoms with E-state index >= 15 is 0 Å². The van der Waals surface area contributed by atoms with Gasteiger partial charge < -0.3 is 15.3 Å². The molecule has 0 radical (unpaired) electrons. The molecule has 0 fully saturated rings. The summed E-state index contributed by atoms with van der Waals surface area (Å²) in [6, 6.07) is 15.7. The number of aliphatic carboxylic acids is 3. The maximum absolute atomic E-state index is 11.7. The molecule has 0 heterocycles. The molecule has 0 amide bonds. The van der Waals surface area contributed by atoms with Crippen molar-refractivity contribution in [2.24, 2.45) is 10.9 Å². The summed E-state index contributed by atoms with van der Waals surface area (Å²) in [7, 11) is 0. The number of carbonyl (C=O) groups is 3. The number of aliphatic imine (C=N–C) groups is 1. The van der Waals surface area contributed by atoms with Gasteiger partial charge in [0, 0.05) is 11.1 Å². The minimum Gasteiger partial charge on any atom is -0.481 e. The first kappa shape index (κ1) is 18.9. The summed E-state index contributed by atoms with van der Waals surface area (Å²) in [4.78, 5) is 38.2. The Morgan fingerprint density at radius 1 is 0.769 bits per heavy atom. The van der Waals surface area contributed by atoms with Crippen LogP contribution < -0.4 is 0 Å². The molecule has 2 atom stereocenters. The summed E-state index contributed by atoms with van der Waals surface area (Å²) < 4.78 is 0. The van der Waals surface area contributed by atoms with Gasteiger partial charge in [0.1, 0.15) is 5.92 Å². The van der Waals surface area contributed by atoms with Crippen LogP contribution >= 0.6 is 0 Å². The predicted molar refractivity (Wildman–Crippen MR) is 93.3 cm³/mol. The minimum absolute atomic E-state index is 0.287. The molecule has 0 spiro atoms. The average molecular weight is 355 g/mol. The fourth-order valence-corrected chi connectivity index (χ4v) is 2.49. The fourth-order valence-electron chi connectivity index (χ4n) is 2.49. The SMILES string of the molecule is O=C(O)CC(C(=O)O)C(N=C(c1ccccc1)c1ccccc1)C(=O)O. The summed E-state index contributed by atoms with van der Waals surface area (Å²) in [5.41, 5.74) is 1.49. The maximum Gasteiger partial charge on any atom is 0.329 e. The Balaban J connectivity index is 2.59. The van der Waals surface area contributed by atoms with E-state index in [1.807, 2.05) is 0 Å².